The van der Waals surface area contributed by atoms with E-state index < -0.39 is 17.2 Å². The molecule has 0 saturated carbocycles. The lowest BCUT2D eigenvalue weighted by molar-refractivity contribution is 0.589. The summed E-state index contributed by atoms with van der Waals surface area (Å²) in [5.41, 5.74) is 0.679. The molecule has 0 unspecified atom stereocenters. The van der Waals surface area contributed by atoms with Gasteiger partial charge in [0.1, 0.15) is 17.7 Å². The van der Waals surface area contributed by atoms with Crippen LogP contribution in [0.4, 0.5) is 14.6 Å². The summed E-state index contributed by atoms with van der Waals surface area (Å²) in [6, 6.07) is 6.46. The number of imidazole rings is 1. The molecule has 9 nitrogen and oxygen atoms in total. The molecule has 0 spiro atoms. The lowest BCUT2D eigenvalue weighted by atomic mass is 10.2. The zero-order valence-corrected chi connectivity index (χ0v) is 18.1. The molecule has 5 aromatic rings. The normalized spacial score (nSPS) is 15.9. The minimum absolute atomic E-state index is 0. The molecule has 0 amide bonds. The Morgan fingerprint density at radius 1 is 1.12 bits per heavy atom. The van der Waals surface area contributed by atoms with Crippen LogP contribution in [0.5, 0.6) is 0 Å². The van der Waals surface area contributed by atoms with Crippen LogP contribution >= 0.6 is 13.5 Å². The van der Waals surface area contributed by atoms with Gasteiger partial charge >= 0.3 is 0 Å². The van der Waals surface area contributed by atoms with Gasteiger partial charge in [-0.15, -0.1) is 0 Å². The second-order valence-electron chi connectivity index (χ2n) is 7.59. The van der Waals surface area contributed by atoms with Crippen molar-refractivity contribution in [1.29, 1.82) is 0 Å². The number of aromatic nitrogens is 7. The van der Waals surface area contributed by atoms with Gasteiger partial charge in [0, 0.05) is 12.7 Å². The first-order valence-corrected chi connectivity index (χ1v) is 10.1. The molecule has 33 heavy (non-hydrogen) atoms. The number of rotatable bonds is 3. The average molecular weight is 468 g/mol. The lowest BCUT2D eigenvalue weighted by Gasteiger charge is -2.27. The van der Waals surface area contributed by atoms with Crippen molar-refractivity contribution in [2.24, 2.45) is 0 Å². The predicted octanol–water partition coefficient (Wildman–Crippen LogP) is 2.88. The fourth-order valence-corrected chi connectivity index (χ4v) is 4.39. The highest BCUT2D eigenvalue weighted by Crippen LogP contribution is 2.36. The molecular weight excluding hydrogens is 450 g/mol. The van der Waals surface area contributed by atoms with Gasteiger partial charge in [-0.3, -0.25) is 9.36 Å². The molecule has 1 aromatic carbocycles. The first-order valence-electron chi connectivity index (χ1n) is 10.1. The highest BCUT2D eigenvalue weighted by atomic mass is 32.1. The van der Waals surface area contributed by atoms with Crippen LogP contribution in [0.2, 0.25) is 0 Å². The van der Waals surface area contributed by atoms with E-state index in [1.165, 1.54) is 45.9 Å². The van der Waals surface area contributed by atoms with Gasteiger partial charge < -0.3 is 9.88 Å². The summed E-state index contributed by atoms with van der Waals surface area (Å²) in [7, 11) is 0. The number of halogens is 2. The minimum atomic E-state index is -0.683. The van der Waals surface area contributed by atoms with E-state index in [0.29, 0.717) is 35.8 Å². The molecule has 1 N–H and O–H groups in total. The van der Waals surface area contributed by atoms with Crippen molar-refractivity contribution in [2.45, 2.75) is 18.9 Å². The molecule has 12 heteroatoms. The fraction of sp³-hybridized carbons (Fsp3) is 0.190. The third kappa shape index (κ3) is 3.25. The third-order valence-electron chi connectivity index (χ3n) is 5.75. The van der Waals surface area contributed by atoms with Crippen molar-refractivity contribution in [3.8, 4) is 5.69 Å². The summed E-state index contributed by atoms with van der Waals surface area (Å²) in [6.07, 6.45) is 5.88. The third-order valence-corrected chi connectivity index (χ3v) is 5.75. The minimum Gasteiger partial charge on any atom is -0.344 e. The van der Waals surface area contributed by atoms with Gasteiger partial charge in [-0.2, -0.15) is 18.6 Å². The number of benzene rings is 1. The van der Waals surface area contributed by atoms with Gasteiger partial charge in [-0.25, -0.2) is 28.2 Å². The Morgan fingerprint density at radius 2 is 2.00 bits per heavy atom. The number of H-pyrrole nitrogens is 1. The summed E-state index contributed by atoms with van der Waals surface area (Å²) in [5.74, 6) is -0.187. The maximum absolute atomic E-state index is 14.4. The second-order valence-corrected chi connectivity index (χ2v) is 7.59. The van der Waals surface area contributed by atoms with Crippen LogP contribution in [0, 0.1) is 11.6 Å². The Balaban J connectivity index is 0.00000228. The van der Waals surface area contributed by atoms with Crippen LogP contribution in [0.25, 0.3) is 22.4 Å². The SMILES string of the molecule is O=c1c2c(F)ccn2nc([C@@H]2CCCN2c2ncnc3nc[nH]c23)n1-c1cccc(F)c1.S. The largest absolute Gasteiger partial charge is 0.344 e. The zero-order chi connectivity index (χ0) is 21.8. The van der Waals surface area contributed by atoms with E-state index in [2.05, 4.69) is 25.0 Å². The molecule has 1 atom stereocenters. The monoisotopic (exact) mass is 468 g/mol. The Labute approximate surface area is 192 Å². The number of nitrogens with zero attached hydrogens (tertiary/aromatic N) is 7. The molecule has 4 aromatic heterocycles. The standard InChI is InChI=1S/C21H16F2N8O.H2S/c22-12-3-1-4-13(9-12)31-19(28-30-8-6-14(23)17(30)21(31)32)15-5-2-7-29(15)20-16-18(25-10-24-16)26-11-27-20;/h1,3-4,6,8-11,15H,2,5,7H2,(H,24,25,26,27);1H2/t15-;/m0./s1. The molecule has 1 aliphatic heterocycles. The van der Waals surface area contributed by atoms with Crippen LogP contribution in [-0.4, -0.2) is 40.7 Å². The van der Waals surface area contributed by atoms with Crippen molar-refractivity contribution in [2.75, 3.05) is 11.4 Å². The van der Waals surface area contributed by atoms with Crippen LogP contribution < -0.4 is 10.5 Å². The average Bonchev–Trinajstić information content (AvgIpc) is 3.53. The number of hydrogen-bond donors (Lipinski definition) is 1. The number of fused-ring (bicyclic) bond motifs is 2. The summed E-state index contributed by atoms with van der Waals surface area (Å²) in [6.45, 7) is 0.660. The maximum Gasteiger partial charge on any atom is 0.285 e. The van der Waals surface area contributed by atoms with E-state index in [4.69, 9.17) is 0 Å². The van der Waals surface area contributed by atoms with Gasteiger partial charge in [0.05, 0.1) is 18.1 Å². The van der Waals surface area contributed by atoms with Crippen molar-refractivity contribution >= 4 is 36.0 Å². The van der Waals surface area contributed by atoms with E-state index in [1.807, 2.05) is 4.90 Å². The molecule has 5 heterocycles. The van der Waals surface area contributed by atoms with Gasteiger partial charge in [0.15, 0.2) is 28.6 Å². The first-order chi connectivity index (χ1) is 15.6. The number of hydrogen-bond acceptors (Lipinski definition) is 6. The van der Waals surface area contributed by atoms with Gasteiger partial charge in [0.25, 0.3) is 5.56 Å². The fourth-order valence-electron chi connectivity index (χ4n) is 4.39. The van der Waals surface area contributed by atoms with Crippen LogP contribution in [-0.2, 0) is 0 Å². The maximum atomic E-state index is 14.4. The summed E-state index contributed by atoms with van der Waals surface area (Å²) in [4.78, 5) is 31.3. The molecule has 0 aliphatic carbocycles. The first kappa shape index (κ1) is 21.1. The Kier molecular flexibility index (Phi) is 5.08. The Hall–Kier alpha value is -3.80. The van der Waals surface area contributed by atoms with E-state index >= 15 is 0 Å². The summed E-state index contributed by atoms with van der Waals surface area (Å²) in [5, 5.41) is 4.59. The molecule has 1 saturated heterocycles. The Bertz CT molecular complexity index is 1540. The second kappa shape index (κ2) is 7.96. The highest BCUT2D eigenvalue weighted by molar-refractivity contribution is 7.59. The van der Waals surface area contributed by atoms with Gasteiger partial charge in [-0.1, -0.05) is 6.07 Å². The van der Waals surface area contributed by atoms with Gasteiger partial charge in [-0.05, 0) is 37.1 Å². The molecule has 168 valence electrons. The van der Waals surface area contributed by atoms with Crippen molar-refractivity contribution in [3.05, 3.63) is 77.0 Å². The molecular formula is C21H18F2N8OS. The number of anilines is 1. The van der Waals surface area contributed by atoms with E-state index in [-0.39, 0.29) is 30.7 Å². The Morgan fingerprint density at radius 3 is 2.85 bits per heavy atom. The lowest BCUT2D eigenvalue weighted by Crippen LogP contribution is -2.33. The summed E-state index contributed by atoms with van der Waals surface area (Å²) < 4.78 is 31.0. The molecule has 6 rings (SSSR count). The number of nitrogens with one attached hydrogen (secondary N) is 1. The van der Waals surface area contributed by atoms with E-state index in [0.717, 1.165) is 6.42 Å². The van der Waals surface area contributed by atoms with Crippen molar-refractivity contribution < 1.29 is 8.78 Å². The molecule has 1 fully saturated rings. The topological polar surface area (TPSA) is 97.0 Å². The zero-order valence-electron chi connectivity index (χ0n) is 17.1. The highest BCUT2D eigenvalue weighted by Gasteiger charge is 2.34. The van der Waals surface area contributed by atoms with Crippen LogP contribution in [0.15, 0.2) is 54.0 Å². The smallest absolute Gasteiger partial charge is 0.285 e. The van der Waals surface area contributed by atoms with Crippen LogP contribution in [0.1, 0.15) is 24.7 Å². The van der Waals surface area contributed by atoms with Crippen LogP contribution in [0.3, 0.4) is 0 Å². The van der Waals surface area contributed by atoms with E-state index in [1.54, 1.807) is 12.4 Å². The number of aromatic amines is 1. The summed E-state index contributed by atoms with van der Waals surface area (Å²) >= 11 is 0. The molecule has 0 bridgehead atoms. The molecule has 0 radical (unpaired) electrons. The quantitative estimate of drug-likeness (QED) is 0.437. The molecule has 1 aliphatic rings. The van der Waals surface area contributed by atoms with Gasteiger partial charge in [0.2, 0.25) is 0 Å². The van der Waals surface area contributed by atoms with Crippen molar-refractivity contribution in [3.63, 3.8) is 0 Å². The predicted molar refractivity (Wildman–Crippen MR) is 122 cm³/mol. The van der Waals surface area contributed by atoms with Crippen molar-refractivity contribution in [1.82, 2.24) is 34.1 Å². The van der Waals surface area contributed by atoms with E-state index in [9.17, 15) is 13.6 Å².